The number of ether oxygens (including phenoxy) is 2. The van der Waals surface area contributed by atoms with Gasteiger partial charge in [-0.2, -0.15) is 0 Å². The lowest BCUT2D eigenvalue weighted by Gasteiger charge is -2.35. The van der Waals surface area contributed by atoms with E-state index in [1.807, 2.05) is 0 Å². The zero-order chi connectivity index (χ0) is 34.4. The summed E-state index contributed by atoms with van der Waals surface area (Å²) in [4.78, 5) is 13.7. The van der Waals surface area contributed by atoms with E-state index in [4.69, 9.17) is 9.26 Å². The third-order valence-electron chi connectivity index (χ3n) is 10.3. The number of rotatable bonds is 8. The summed E-state index contributed by atoms with van der Waals surface area (Å²) < 4.78 is 72.4. The molecule has 2 heterocycles. The van der Waals surface area contributed by atoms with Crippen LogP contribution in [-0.4, -0.2) is 41.3 Å². The summed E-state index contributed by atoms with van der Waals surface area (Å²) in [5.74, 6) is -0.835. The van der Waals surface area contributed by atoms with E-state index < -0.39 is 18.1 Å². The molecule has 2 aromatic carbocycles. The van der Waals surface area contributed by atoms with Crippen LogP contribution in [0, 0.1) is 11.7 Å². The van der Waals surface area contributed by atoms with Crippen LogP contribution in [0.15, 0.2) is 47.0 Å². The second-order valence-electron chi connectivity index (χ2n) is 14.0. The molecule has 2 bridgehead atoms. The number of fused-ring (bicyclic) bond motifs is 3. The average Bonchev–Trinajstić information content (AvgIpc) is 3.85. The minimum absolute atomic E-state index is 0.0314. The molecule has 0 spiro atoms. The Morgan fingerprint density at radius 2 is 1.65 bits per heavy atom. The van der Waals surface area contributed by atoms with Crippen LogP contribution in [0.4, 0.5) is 23.2 Å². The molecular weight excluding hydrogens is 640 g/mol. The highest BCUT2D eigenvalue weighted by Gasteiger charge is 2.37. The third-order valence-corrected chi connectivity index (χ3v) is 10.3. The van der Waals surface area contributed by atoms with Crippen LogP contribution in [0.5, 0.6) is 5.75 Å². The normalized spacial score (nSPS) is 23.0. The Bertz CT molecular complexity index is 1560. The molecule has 1 saturated heterocycles. The van der Waals surface area contributed by atoms with Crippen LogP contribution in [0.3, 0.4) is 0 Å². The molecule has 7 nitrogen and oxygen atoms in total. The van der Waals surface area contributed by atoms with E-state index in [0.717, 1.165) is 70.3 Å². The molecule has 1 N–H and O–H groups in total. The smallest absolute Gasteiger partial charge is 0.478 e. The predicted molar refractivity (Wildman–Crippen MR) is 177 cm³/mol. The van der Waals surface area contributed by atoms with Crippen molar-refractivity contribution in [2.75, 3.05) is 11.4 Å². The minimum atomic E-state index is -4.86. The number of halogens is 4. The van der Waals surface area contributed by atoms with Gasteiger partial charge < -0.3 is 24.0 Å². The van der Waals surface area contributed by atoms with Crippen LogP contribution < -0.4 is 9.64 Å². The first-order valence-corrected chi connectivity index (χ1v) is 17.9. The molecule has 3 aromatic rings. The summed E-state index contributed by atoms with van der Waals surface area (Å²) >= 11 is 0. The molecule has 3 aliphatic rings. The van der Waals surface area contributed by atoms with Gasteiger partial charge in [-0.3, -0.25) is 0 Å². The maximum absolute atomic E-state index is 15.6. The lowest BCUT2D eigenvalue weighted by atomic mass is 9.92. The van der Waals surface area contributed by atoms with Gasteiger partial charge in [0, 0.05) is 29.6 Å². The second kappa shape index (κ2) is 16.0. The first-order valence-electron chi connectivity index (χ1n) is 17.9. The highest BCUT2D eigenvalue weighted by Crippen LogP contribution is 2.46. The van der Waals surface area contributed by atoms with E-state index >= 15 is 4.39 Å². The fourth-order valence-electron chi connectivity index (χ4n) is 7.68. The van der Waals surface area contributed by atoms with Crippen molar-refractivity contribution < 1.29 is 41.5 Å². The van der Waals surface area contributed by atoms with Crippen LogP contribution in [-0.2, 0) is 11.3 Å². The molecular formula is C38H46F4N2O5. The Morgan fingerprint density at radius 3 is 2.37 bits per heavy atom. The summed E-state index contributed by atoms with van der Waals surface area (Å²) in [5.41, 5.74) is 1.46. The summed E-state index contributed by atoms with van der Waals surface area (Å²) in [5, 5.41) is 13.7. The molecule has 1 aromatic heterocycles. The van der Waals surface area contributed by atoms with Gasteiger partial charge in [0.2, 0.25) is 0 Å². The van der Waals surface area contributed by atoms with Gasteiger partial charge in [0.25, 0.3) is 0 Å². The first-order chi connectivity index (χ1) is 23.7. The number of aromatic carboxylic acids is 1. The van der Waals surface area contributed by atoms with Crippen LogP contribution in [0.2, 0.25) is 0 Å². The molecule has 0 amide bonds. The standard InChI is InChI=1S/C38H46F4N2O5/c39-32-22-27(37(45)46)17-19-33(32)44-20-10-6-4-2-1-3-5-7-11-25-14-18-28(44)23-29(21-25)47-24-31-35(43-49-36(31)26-15-16-26)30-12-8-9-13-34(30)48-38(40,41)42/h8-9,12-13,17,19,22,25-26,28-29H,1-7,10-11,14-16,18,20-21,23-24H2,(H,45,46). The van der Waals surface area contributed by atoms with Gasteiger partial charge in [0.05, 0.1) is 24.0 Å². The average molecular weight is 687 g/mol. The topological polar surface area (TPSA) is 85.0 Å². The highest BCUT2D eigenvalue weighted by molar-refractivity contribution is 5.88. The van der Waals surface area contributed by atoms with Crippen molar-refractivity contribution in [3.63, 3.8) is 0 Å². The number of anilines is 1. The minimum Gasteiger partial charge on any atom is -0.478 e. The molecule has 1 aliphatic heterocycles. The van der Waals surface area contributed by atoms with Crippen LogP contribution in [0.25, 0.3) is 11.3 Å². The maximum atomic E-state index is 15.6. The van der Waals surface area contributed by atoms with Gasteiger partial charge >= 0.3 is 12.3 Å². The molecule has 266 valence electrons. The van der Waals surface area contributed by atoms with E-state index in [0.29, 0.717) is 41.6 Å². The monoisotopic (exact) mass is 686 g/mol. The van der Waals surface area contributed by atoms with Gasteiger partial charge in [0.15, 0.2) is 0 Å². The summed E-state index contributed by atoms with van der Waals surface area (Å²) in [6, 6.07) is 10.1. The molecule has 11 heteroatoms. The van der Waals surface area contributed by atoms with Gasteiger partial charge in [-0.05, 0) is 81.2 Å². The van der Waals surface area contributed by atoms with E-state index in [1.165, 1.54) is 43.9 Å². The number of hydrogen-bond donors (Lipinski definition) is 1. The number of para-hydroxylation sites is 1. The molecule has 3 fully saturated rings. The van der Waals surface area contributed by atoms with E-state index in [1.54, 1.807) is 18.2 Å². The van der Waals surface area contributed by atoms with E-state index in [-0.39, 0.29) is 41.5 Å². The third kappa shape index (κ3) is 9.35. The largest absolute Gasteiger partial charge is 0.573 e. The lowest BCUT2D eigenvalue weighted by Crippen LogP contribution is -2.39. The Hall–Kier alpha value is -3.60. The number of aromatic nitrogens is 1. The number of nitrogens with zero attached hydrogens (tertiary/aromatic N) is 2. The molecule has 2 saturated carbocycles. The zero-order valence-corrected chi connectivity index (χ0v) is 27.9. The van der Waals surface area contributed by atoms with Gasteiger partial charge in [-0.25, -0.2) is 9.18 Å². The number of benzene rings is 2. The van der Waals surface area contributed by atoms with Crippen molar-refractivity contribution in [3.8, 4) is 17.0 Å². The fourth-order valence-corrected chi connectivity index (χ4v) is 7.68. The van der Waals surface area contributed by atoms with Crippen molar-refractivity contribution in [1.29, 1.82) is 0 Å². The molecule has 3 unspecified atom stereocenters. The molecule has 49 heavy (non-hydrogen) atoms. The Labute approximate surface area is 284 Å². The number of hydrogen-bond acceptors (Lipinski definition) is 6. The zero-order valence-electron chi connectivity index (χ0n) is 27.9. The van der Waals surface area contributed by atoms with Crippen LogP contribution >= 0.6 is 0 Å². The summed E-state index contributed by atoms with van der Waals surface area (Å²) in [6.45, 7) is 0.778. The second-order valence-corrected chi connectivity index (χ2v) is 14.0. The van der Waals surface area contributed by atoms with Gasteiger partial charge in [-0.1, -0.05) is 68.7 Å². The molecule has 3 atom stereocenters. The Balaban J connectivity index is 1.29. The van der Waals surface area contributed by atoms with Gasteiger partial charge in [0.1, 0.15) is 23.0 Å². The van der Waals surface area contributed by atoms with Crippen molar-refractivity contribution in [2.45, 2.75) is 127 Å². The number of carboxylic acids is 1. The van der Waals surface area contributed by atoms with Crippen molar-refractivity contribution in [2.24, 2.45) is 5.92 Å². The number of carboxylic acid groups (broad SMARTS) is 1. The maximum Gasteiger partial charge on any atom is 0.573 e. The van der Waals surface area contributed by atoms with Crippen molar-refractivity contribution in [3.05, 3.63) is 65.2 Å². The predicted octanol–water partition coefficient (Wildman–Crippen LogP) is 10.4. The van der Waals surface area contributed by atoms with Crippen LogP contribution in [0.1, 0.15) is 124 Å². The number of alkyl halides is 3. The Kier molecular flexibility index (Phi) is 11.5. The molecule has 2 aliphatic carbocycles. The van der Waals surface area contributed by atoms with Crippen molar-refractivity contribution in [1.82, 2.24) is 5.16 Å². The number of carbonyl (C=O) groups is 1. The molecule has 0 radical (unpaired) electrons. The fraction of sp³-hybridized carbons (Fsp3) is 0.579. The Morgan fingerprint density at radius 1 is 0.918 bits per heavy atom. The molecule has 6 rings (SSSR count). The van der Waals surface area contributed by atoms with E-state index in [2.05, 4.69) is 14.8 Å². The summed E-state index contributed by atoms with van der Waals surface area (Å²) in [6.07, 6.45) is 10.2. The quantitative estimate of drug-likeness (QED) is 0.236. The summed E-state index contributed by atoms with van der Waals surface area (Å²) in [7, 11) is 0. The highest BCUT2D eigenvalue weighted by atomic mass is 19.4. The van der Waals surface area contributed by atoms with E-state index in [9.17, 15) is 23.1 Å². The first kappa shape index (κ1) is 35.2. The SMILES string of the molecule is O=C(O)c1ccc(N2CCCCCCCCCCC3CCC2CC(OCc2c(-c4ccccc4OC(F)(F)F)noc2C2CC2)C3)c(F)c1. The van der Waals surface area contributed by atoms with Gasteiger partial charge in [-0.15, -0.1) is 13.2 Å². The van der Waals surface area contributed by atoms with Crippen molar-refractivity contribution >= 4 is 11.7 Å². The lowest BCUT2D eigenvalue weighted by molar-refractivity contribution is -0.274.